The van der Waals surface area contributed by atoms with Crippen LogP contribution in [-0.2, 0) is 11.2 Å². The van der Waals surface area contributed by atoms with Crippen molar-refractivity contribution in [2.75, 3.05) is 14.1 Å². The van der Waals surface area contributed by atoms with E-state index in [1.807, 2.05) is 13.0 Å². The fraction of sp³-hybridized carbons (Fsp3) is 0.200. The summed E-state index contributed by atoms with van der Waals surface area (Å²) in [7, 11) is 3.06. The molecule has 0 aliphatic heterocycles. The van der Waals surface area contributed by atoms with Crippen molar-refractivity contribution >= 4 is 12.0 Å². The molecule has 0 saturated carbocycles. The van der Waals surface area contributed by atoms with Gasteiger partial charge in [0.2, 0.25) is 0 Å². The fourth-order valence-corrected chi connectivity index (χ4v) is 2.79. The number of carbonyl (C=O) groups is 1. The zero-order chi connectivity index (χ0) is 20.1. The van der Waals surface area contributed by atoms with Crippen molar-refractivity contribution in [1.29, 1.82) is 5.26 Å². The smallest absolute Gasteiger partial charge is 0.267 e. The van der Waals surface area contributed by atoms with Gasteiger partial charge in [-0.25, -0.2) is 13.2 Å². The summed E-state index contributed by atoms with van der Waals surface area (Å²) in [5.41, 5.74) is 2.21. The summed E-state index contributed by atoms with van der Waals surface area (Å²) >= 11 is 0. The van der Waals surface area contributed by atoms with E-state index in [4.69, 9.17) is 0 Å². The Balaban J connectivity index is 2.79. The van der Waals surface area contributed by atoms with E-state index in [1.165, 1.54) is 13.1 Å². The van der Waals surface area contributed by atoms with Gasteiger partial charge in [0.25, 0.3) is 5.91 Å². The van der Waals surface area contributed by atoms with Crippen LogP contribution in [-0.4, -0.2) is 20.0 Å². The van der Waals surface area contributed by atoms with E-state index in [9.17, 15) is 23.2 Å². The van der Waals surface area contributed by atoms with Crippen LogP contribution in [0.4, 0.5) is 13.2 Å². The molecule has 0 atom stereocenters. The van der Waals surface area contributed by atoms with Gasteiger partial charge in [-0.05, 0) is 59.0 Å². The van der Waals surface area contributed by atoms with Crippen LogP contribution in [0.15, 0.2) is 30.0 Å². The van der Waals surface area contributed by atoms with Crippen LogP contribution >= 0.6 is 0 Å². The number of nitrogens with zero attached hydrogens (tertiary/aromatic N) is 1. The molecule has 140 valence electrons. The van der Waals surface area contributed by atoms with Gasteiger partial charge in [0.1, 0.15) is 5.70 Å². The summed E-state index contributed by atoms with van der Waals surface area (Å²) in [5.74, 6) is -4.53. The largest absolute Gasteiger partial charge is 0.384 e. The molecule has 0 aliphatic carbocycles. The molecule has 2 aromatic rings. The van der Waals surface area contributed by atoms with Crippen molar-refractivity contribution in [2.45, 2.75) is 13.3 Å². The Morgan fingerprint density at radius 3 is 2.22 bits per heavy atom. The van der Waals surface area contributed by atoms with Crippen LogP contribution in [0.1, 0.15) is 23.6 Å². The molecule has 0 aliphatic rings. The second-order valence-corrected chi connectivity index (χ2v) is 5.70. The second-order valence-electron chi connectivity index (χ2n) is 5.70. The first kappa shape index (κ1) is 20.0. The van der Waals surface area contributed by atoms with E-state index in [1.54, 1.807) is 19.2 Å². The first-order chi connectivity index (χ1) is 12.9. The molecule has 2 aromatic carbocycles. The lowest BCUT2D eigenvalue weighted by molar-refractivity contribution is -0.117. The molecule has 1 amide bonds. The molecule has 0 aromatic heterocycles. The molecule has 27 heavy (non-hydrogen) atoms. The summed E-state index contributed by atoms with van der Waals surface area (Å²) in [4.78, 5) is 11.9. The standard InChI is InChI=1S/C20H18F3N3O/c1-4-14-12(9-18(25-2)20(27)26-3)5-11(10-24)6-15(14)13-7-16(21)19(23)17(22)8-13/h5-9,25H,4H2,1-3H3,(H,26,27)/b18-9-. The third-order valence-corrected chi connectivity index (χ3v) is 4.10. The normalized spacial score (nSPS) is 11.1. The van der Waals surface area contributed by atoms with Crippen molar-refractivity contribution in [3.8, 4) is 17.2 Å². The van der Waals surface area contributed by atoms with E-state index in [0.717, 1.165) is 12.1 Å². The number of benzene rings is 2. The molecule has 0 heterocycles. The Labute approximate surface area is 155 Å². The summed E-state index contributed by atoms with van der Waals surface area (Å²) in [5, 5.41) is 14.6. The molecule has 0 unspecified atom stereocenters. The van der Waals surface area contributed by atoms with Crippen LogP contribution in [0, 0.1) is 28.8 Å². The average Bonchev–Trinajstić information content (AvgIpc) is 2.68. The minimum absolute atomic E-state index is 0.112. The number of amides is 1. The van der Waals surface area contributed by atoms with E-state index in [2.05, 4.69) is 10.6 Å². The minimum Gasteiger partial charge on any atom is -0.384 e. The highest BCUT2D eigenvalue weighted by Crippen LogP contribution is 2.31. The Morgan fingerprint density at radius 2 is 1.74 bits per heavy atom. The number of carbonyl (C=O) groups excluding carboxylic acids is 1. The number of hydrogen-bond acceptors (Lipinski definition) is 3. The van der Waals surface area contributed by atoms with Gasteiger partial charge in [-0.1, -0.05) is 6.92 Å². The van der Waals surface area contributed by atoms with Crippen LogP contribution in [0.2, 0.25) is 0 Å². The predicted octanol–water partition coefficient (Wildman–Crippen LogP) is 3.51. The molecule has 2 N–H and O–H groups in total. The first-order valence-electron chi connectivity index (χ1n) is 8.19. The van der Waals surface area contributed by atoms with Crippen LogP contribution in [0.25, 0.3) is 17.2 Å². The quantitative estimate of drug-likeness (QED) is 0.623. The van der Waals surface area contributed by atoms with Crippen molar-refractivity contribution in [3.05, 3.63) is 64.1 Å². The lowest BCUT2D eigenvalue weighted by Gasteiger charge is -2.15. The van der Waals surface area contributed by atoms with Crippen LogP contribution in [0.3, 0.4) is 0 Å². The SMILES string of the molecule is CCc1c(/C=C(\NC)C(=O)NC)cc(C#N)cc1-c1cc(F)c(F)c(F)c1. The molecule has 0 spiro atoms. The van der Waals surface area contributed by atoms with Gasteiger partial charge in [-0.2, -0.15) is 5.26 Å². The molecule has 0 saturated heterocycles. The zero-order valence-corrected chi connectivity index (χ0v) is 15.1. The number of nitriles is 1. The number of halogens is 3. The third kappa shape index (κ3) is 4.11. The Kier molecular flexibility index (Phi) is 6.24. The lowest BCUT2D eigenvalue weighted by atomic mass is 9.91. The van der Waals surface area contributed by atoms with Gasteiger partial charge in [-0.3, -0.25) is 4.79 Å². The summed E-state index contributed by atoms with van der Waals surface area (Å²) in [6.45, 7) is 1.83. The molecule has 0 bridgehead atoms. The molecule has 4 nitrogen and oxygen atoms in total. The average molecular weight is 373 g/mol. The topological polar surface area (TPSA) is 64.9 Å². The van der Waals surface area contributed by atoms with E-state index in [-0.39, 0.29) is 22.7 Å². The summed E-state index contributed by atoms with van der Waals surface area (Å²) in [6.07, 6.45) is 2.01. The van der Waals surface area contributed by atoms with Crippen LogP contribution in [0.5, 0.6) is 0 Å². The van der Waals surface area contributed by atoms with Crippen LogP contribution < -0.4 is 10.6 Å². The second kappa shape index (κ2) is 8.41. The van der Waals surface area contributed by atoms with Crippen molar-refractivity contribution in [3.63, 3.8) is 0 Å². The predicted molar refractivity (Wildman–Crippen MR) is 96.9 cm³/mol. The Hall–Kier alpha value is -3.27. The van der Waals surface area contributed by atoms with Gasteiger partial charge >= 0.3 is 0 Å². The van der Waals surface area contributed by atoms with Gasteiger partial charge in [-0.15, -0.1) is 0 Å². The number of hydrogen-bond donors (Lipinski definition) is 2. The molecule has 0 radical (unpaired) electrons. The molecule has 7 heteroatoms. The highest BCUT2D eigenvalue weighted by Gasteiger charge is 2.17. The first-order valence-corrected chi connectivity index (χ1v) is 8.19. The molecular weight excluding hydrogens is 355 g/mol. The number of rotatable bonds is 5. The lowest BCUT2D eigenvalue weighted by Crippen LogP contribution is -2.26. The van der Waals surface area contributed by atoms with E-state index in [0.29, 0.717) is 23.1 Å². The fourth-order valence-electron chi connectivity index (χ4n) is 2.79. The van der Waals surface area contributed by atoms with Gasteiger partial charge in [0.05, 0.1) is 11.6 Å². The van der Waals surface area contributed by atoms with Crippen molar-refractivity contribution < 1.29 is 18.0 Å². The molecular formula is C20H18F3N3O. The Morgan fingerprint density at radius 1 is 1.11 bits per heavy atom. The number of nitrogens with one attached hydrogen (secondary N) is 2. The molecule has 2 rings (SSSR count). The number of likely N-dealkylation sites (N-methyl/N-ethyl adjacent to an activating group) is 2. The highest BCUT2D eigenvalue weighted by molar-refractivity contribution is 5.97. The molecule has 0 fully saturated rings. The van der Waals surface area contributed by atoms with E-state index >= 15 is 0 Å². The third-order valence-electron chi connectivity index (χ3n) is 4.10. The van der Waals surface area contributed by atoms with Crippen molar-refractivity contribution in [1.82, 2.24) is 10.6 Å². The maximum Gasteiger partial charge on any atom is 0.267 e. The van der Waals surface area contributed by atoms with E-state index < -0.39 is 17.5 Å². The highest BCUT2D eigenvalue weighted by atomic mass is 19.2. The summed E-state index contributed by atoms with van der Waals surface area (Å²) in [6, 6.07) is 6.84. The minimum atomic E-state index is -1.55. The Bertz CT molecular complexity index is 939. The summed E-state index contributed by atoms with van der Waals surface area (Å²) < 4.78 is 40.7. The maximum absolute atomic E-state index is 13.7. The van der Waals surface area contributed by atoms with Gasteiger partial charge in [0, 0.05) is 14.1 Å². The van der Waals surface area contributed by atoms with Crippen molar-refractivity contribution in [2.24, 2.45) is 0 Å². The maximum atomic E-state index is 13.7. The van der Waals surface area contributed by atoms with Gasteiger partial charge in [0.15, 0.2) is 17.5 Å². The zero-order valence-electron chi connectivity index (χ0n) is 15.1. The van der Waals surface area contributed by atoms with Gasteiger partial charge < -0.3 is 10.6 Å². The monoisotopic (exact) mass is 373 g/mol.